The van der Waals surface area contributed by atoms with Crippen LogP contribution in [-0.2, 0) is 20.0 Å². The monoisotopic (exact) mass is 228 g/mol. The Hall–Kier alpha value is -1.68. The molecule has 4 heteroatoms. The molecule has 88 valence electrons. The first kappa shape index (κ1) is 10.5. The number of nitrogens with zero attached hydrogens (tertiary/aromatic N) is 3. The maximum atomic E-state index is 4.47. The second kappa shape index (κ2) is 4.30. The molecule has 0 bridgehead atoms. The van der Waals surface area contributed by atoms with Gasteiger partial charge in [0.05, 0.1) is 18.3 Å². The summed E-state index contributed by atoms with van der Waals surface area (Å²) < 4.78 is 2.04. The number of pyridine rings is 1. The molecule has 1 N–H and O–H groups in total. The van der Waals surface area contributed by atoms with Gasteiger partial charge in [-0.2, -0.15) is 0 Å². The van der Waals surface area contributed by atoms with Crippen LogP contribution in [0.4, 0.5) is 0 Å². The van der Waals surface area contributed by atoms with Crippen molar-refractivity contribution in [2.75, 3.05) is 0 Å². The molecule has 0 fully saturated rings. The number of aryl methyl sites for hydroxylation is 2. The van der Waals surface area contributed by atoms with E-state index in [2.05, 4.69) is 21.4 Å². The minimum Gasteiger partial charge on any atom is -0.337 e. The highest BCUT2D eigenvalue weighted by Gasteiger charge is 2.22. The van der Waals surface area contributed by atoms with Crippen LogP contribution < -0.4 is 5.32 Å². The smallest absolute Gasteiger partial charge is 0.122 e. The third-order valence-corrected chi connectivity index (χ3v) is 3.39. The fraction of sp³-hybridized carbons (Fsp3) is 0.385. The van der Waals surface area contributed by atoms with Gasteiger partial charge in [-0.05, 0) is 24.5 Å². The van der Waals surface area contributed by atoms with Crippen LogP contribution >= 0.6 is 0 Å². The van der Waals surface area contributed by atoms with Gasteiger partial charge in [-0.25, -0.2) is 4.98 Å². The molecule has 2 aromatic heterocycles. The Morgan fingerprint density at radius 2 is 2.35 bits per heavy atom. The molecule has 0 radical (unpaired) electrons. The molecule has 4 nitrogen and oxygen atoms in total. The van der Waals surface area contributed by atoms with Gasteiger partial charge in [0.15, 0.2) is 0 Å². The summed E-state index contributed by atoms with van der Waals surface area (Å²) in [6, 6.07) is 4.56. The van der Waals surface area contributed by atoms with E-state index in [0.717, 1.165) is 25.2 Å². The van der Waals surface area contributed by atoms with Crippen molar-refractivity contribution >= 4 is 0 Å². The minimum atomic E-state index is 0.378. The second-order valence-corrected chi connectivity index (χ2v) is 4.47. The summed E-state index contributed by atoms with van der Waals surface area (Å²) >= 11 is 0. The zero-order valence-corrected chi connectivity index (χ0v) is 9.93. The van der Waals surface area contributed by atoms with Crippen molar-refractivity contribution in [2.24, 2.45) is 7.05 Å². The topological polar surface area (TPSA) is 42.7 Å². The van der Waals surface area contributed by atoms with E-state index in [0.29, 0.717) is 6.04 Å². The first-order valence-electron chi connectivity index (χ1n) is 5.98. The van der Waals surface area contributed by atoms with Crippen LogP contribution in [0.1, 0.15) is 29.5 Å². The first-order valence-corrected chi connectivity index (χ1v) is 5.98. The lowest BCUT2D eigenvalue weighted by molar-refractivity contribution is 0.504. The molecular weight excluding hydrogens is 212 g/mol. The molecule has 1 aliphatic rings. The Morgan fingerprint density at radius 1 is 1.41 bits per heavy atom. The van der Waals surface area contributed by atoms with Crippen molar-refractivity contribution in [3.8, 4) is 0 Å². The molecule has 2 heterocycles. The van der Waals surface area contributed by atoms with Crippen molar-refractivity contribution in [2.45, 2.75) is 25.4 Å². The lowest BCUT2D eigenvalue weighted by Gasteiger charge is -2.12. The summed E-state index contributed by atoms with van der Waals surface area (Å²) in [6.45, 7) is 0.796. The van der Waals surface area contributed by atoms with Gasteiger partial charge < -0.3 is 9.88 Å². The Morgan fingerprint density at radius 3 is 3.18 bits per heavy atom. The van der Waals surface area contributed by atoms with Gasteiger partial charge in [-0.15, -0.1) is 0 Å². The van der Waals surface area contributed by atoms with Crippen LogP contribution in [0, 0.1) is 0 Å². The Balaban J connectivity index is 1.70. The summed E-state index contributed by atoms with van der Waals surface area (Å²) in [5.74, 6) is 1.06. The minimum absolute atomic E-state index is 0.378. The number of imidazole rings is 1. The fourth-order valence-electron chi connectivity index (χ4n) is 2.39. The van der Waals surface area contributed by atoms with Crippen LogP contribution in [0.25, 0.3) is 0 Å². The summed E-state index contributed by atoms with van der Waals surface area (Å²) in [7, 11) is 2.02. The molecule has 0 amide bonds. The van der Waals surface area contributed by atoms with Crippen LogP contribution in [0.2, 0.25) is 0 Å². The molecule has 1 aliphatic carbocycles. The number of fused-ring (bicyclic) bond motifs is 1. The van der Waals surface area contributed by atoms with Crippen LogP contribution in [-0.4, -0.2) is 14.5 Å². The first-order chi connectivity index (χ1) is 8.34. The summed E-state index contributed by atoms with van der Waals surface area (Å²) in [6.07, 6.45) is 7.94. The van der Waals surface area contributed by atoms with Gasteiger partial charge in [0.2, 0.25) is 0 Å². The summed E-state index contributed by atoms with van der Waals surface area (Å²) in [5, 5.41) is 3.54. The average Bonchev–Trinajstić information content (AvgIpc) is 2.93. The predicted octanol–water partition coefficient (Wildman–Crippen LogP) is 1.59. The number of nitrogens with one attached hydrogen (secondary N) is 1. The molecule has 3 rings (SSSR count). The van der Waals surface area contributed by atoms with E-state index in [4.69, 9.17) is 0 Å². The molecule has 0 saturated carbocycles. The van der Waals surface area contributed by atoms with Crippen molar-refractivity contribution < 1.29 is 0 Å². The number of rotatable bonds is 3. The Kier molecular flexibility index (Phi) is 2.65. The van der Waals surface area contributed by atoms with Crippen molar-refractivity contribution in [1.82, 2.24) is 19.9 Å². The van der Waals surface area contributed by atoms with E-state index in [9.17, 15) is 0 Å². The molecule has 0 spiro atoms. The Labute approximate surface area is 101 Å². The van der Waals surface area contributed by atoms with Gasteiger partial charge in [0.25, 0.3) is 0 Å². The number of hydrogen-bond acceptors (Lipinski definition) is 3. The van der Waals surface area contributed by atoms with E-state index < -0.39 is 0 Å². The third-order valence-electron chi connectivity index (χ3n) is 3.39. The van der Waals surface area contributed by atoms with E-state index in [1.807, 2.05) is 36.3 Å². The van der Waals surface area contributed by atoms with Crippen molar-refractivity contribution in [1.29, 1.82) is 0 Å². The fourth-order valence-corrected chi connectivity index (χ4v) is 2.39. The van der Waals surface area contributed by atoms with Crippen LogP contribution in [0.15, 0.2) is 30.7 Å². The highest BCUT2D eigenvalue weighted by Crippen LogP contribution is 2.28. The molecule has 17 heavy (non-hydrogen) atoms. The second-order valence-electron chi connectivity index (χ2n) is 4.47. The predicted molar refractivity (Wildman–Crippen MR) is 65.3 cm³/mol. The number of hydrogen-bond donors (Lipinski definition) is 1. The summed E-state index contributed by atoms with van der Waals surface area (Å²) in [4.78, 5) is 8.79. The van der Waals surface area contributed by atoms with Gasteiger partial charge >= 0.3 is 0 Å². The van der Waals surface area contributed by atoms with E-state index in [1.54, 1.807) is 0 Å². The highest BCUT2D eigenvalue weighted by atomic mass is 15.1. The zero-order chi connectivity index (χ0) is 11.7. The van der Waals surface area contributed by atoms with Crippen LogP contribution in [0.3, 0.4) is 0 Å². The lowest BCUT2D eigenvalue weighted by atomic mass is 10.2. The molecular formula is C13H16N4. The molecule has 0 aromatic carbocycles. The van der Waals surface area contributed by atoms with Gasteiger partial charge in [-0.3, -0.25) is 4.98 Å². The van der Waals surface area contributed by atoms with E-state index in [1.165, 1.54) is 11.3 Å². The quantitative estimate of drug-likeness (QED) is 0.867. The van der Waals surface area contributed by atoms with Gasteiger partial charge in [0.1, 0.15) is 5.82 Å². The van der Waals surface area contributed by atoms with Gasteiger partial charge in [-0.1, -0.05) is 6.07 Å². The normalized spacial score (nSPS) is 18.3. The van der Waals surface area contributed by atoms with Gasteiger partial charge in [0, 0.05) is 25.6 Å². The Bertz CT molecular complexity index is 518. The molecule has 0 aliphatic heterocycles. The molecule has 2 aromatic rings. The SMILES string of the molecule is Cn1ccnc1CNC1CCc2cccnc21. The highest BCUT2D eigenvalue weighted by molar-refractivity contribution is 5.27. The molecule has 0 saturated heterocycles. The average molecular weight is 228 g/mol. The standard InChI is InChI=1S/C13H16N4/c1-17-8-7-14-12(17)9-16-11-5-4-10-3-2-6-15-13(10)11/h2-3,6-8,11,16H,4-5,9H2,1H3. The van der Waals surface area contributed by atoms with Crippen molar-refractivity contribution in [3.63, 3.8) is 0 Å². The maximum absolute atomic E-state index is 4.47. The van der Waals surface area contributed by atoms with Crippen molar-refractivity contribution in [3.05, 3.63) is 47.8 Å². The molecule has 1 unspecified atom stereocenters. The van der Waals surface area contributed by atoms with E-state index in [-0.39, 0.29) is 0 Å². The van der Waals surface area contributed by atoms with E-state index >= 15 is 0 Å². The lowest BCUT2D eigenvalue weighted by Crippen LogP contribution is -2.21. The molecule has 1 atom stereocenters. The maximum Gasteiger partial charge on any atom is 0.122 e. The summed E-state index contributed by atoms with van der Waals surface area (Å²) in [5.41, 5.74) is 2.59. The third kappa shape index (κ3) is 1.96. The van der Waals surface area contributed by atoms with Crippen LogP contribution in [0.5, 0.6) is 0 Å². The largest absolute Gasteiger partial charge is 0.337 e. The number of aromatic nitrogens is 3. The zero-order valence-electron chi connectivity index (χ0n) is 9.93.